The van der Waals surface area contributed by atoms with Crippen LogP contribution in [0.2, 0.25) is 5.02 Å². The molecule has 0 aliphatic rings. The van der Waals surface area contributed by atoms with E-state index in [0.717, 1.165) is 5.56 Å². The summed E-state index contributed by atoms with van der Waals surface area (Å²) >= 11 is 6.04. The summed E-state index contributed by atoms with van der Waals surface area (Å²) in [5.74, 6) is 0.375. The molecule has 3 nitrogen and oxygen atoms in total. The molecule has 0 aliphatic carbocycles. The molecule has 2 N–H and O–H groups in total. The second-order valence-corrected chi connectivity index (χ2v) is 4.41. The Bertz CT molecular complexity index is 414. The van der Waals surface area contributed by atoms with Gasteiger partial charge in [0.05, 0.1) is 12.7 Å². The van der Waals surface area contributed by atoms with Crippen molar-refractivity contribution < 1.29 is 9.53 Å². The minimum atomic E-state index is -0.178. The van der Waals surface area contributed by atoms with E-state index in [1.165, 1.54) is 0 Å². The molecular formula is C13H18ClNO2. The molecule has 1 rings (SSSR count). The van der Waals surface area contributed by atoms with E-state index in [4.69, 9.17) is 22.1 Å². The highest BCUT2D eigenvalue weighted by Crippen LogP contribution is 2.28. The molecule has 0 fully saturated rings. The summed E-state index contributed by atoms with van der Waals surface area (Å²) in [7, 11) is 1.54. The van der Waals surface area contributed by atoms with Crippen LogP contribution in [0.3, 0.4) is 0 Å². The predicted molar refractivity (Wildman–Crippen MR) is 69.9 cm³/mol. The molecule has 94 valence electrons. The Morgan fingerprint density at radius 1 is 1.53 bits per heavy atom. The molecule has 1 aromatic carbocycles. The standard InChI is InChI=1S/C13H18ClNO2/c1-4-9(7-15)13(16)10-6-11(14)8(2)5-12(10)17-3/h5-6,9H,4,7,15H2,1-3H3. The van der Waals surface area contributed by atoms with Gasteiger partial charge in [-0.25, -0.2) is 0 Å². The maximum Gasteiger partial charge on any atom is 0.170 e. The van der Waals surface area contributed by atoms with E-state index in [9.17, 15) is 4.79 Å². The van der Waals surface area contributed by atoms with Crippen molar-refractivity contribution >= 4 is 17.4 Å². The fraction of sp³-hybridized carbons (Fsp3) is 0.462. The smallest absolute Gasteiger partial charge is 0.170 e. The highest BCUT2D eigenvalue weighted by molar-refractivity contribution is 6.31. The summed E-state index contributed by atoms with van der Waals surface area (Å²) in [6, 6.07) is 3.44. The highest BCUT2D eigenvalue weighted by Gasteiger charge is 2.21. The monoisotopic (exact) mass is 255 g/mol. The van der Waals surface area contributed by atoms with E-state index in [1.807, 2.05) is 13.8 Å². The lowest BCUT2D eigenvalue weighted by atomic mass is 9.94. The molecule has 17 heavy (non-hydrogen) atoms. The molecule has 0 amide bonds. The number of hydrogen-bond donors (Lipinski definition) is 1. The van der Waals surface area contributed by atoms with Gasteiger partial charge in [-0.2, -0.15) is 0 Å². The van der Waals surface area contributed by atoms with Crippen LogP contribution in [0.5, 0.6) is 5.75 Å². The Hall–Kier alpha value is -1.06. The molecule has 0 saturated heterocycles. The summed E-state index contributed by atoms with van der Waals surface area (Å²) < 4.78 is 5.22. The SMILES string of the molecule is CCC(CN)C(=O)c1cc(Cl)c(C)cc1OC. The molecule has 0 aliphatic heterocycles. The minimum Gasteiger partial charge on any atom is -0.496 e. The summed E-state index contributed by atoms with van der Waals surface area (Å²) in [6.07, 6.45) is 0.712. The molecular weight excluding hydrogens is 238 g/mol. The number of carbonyl (C=O) groups is 1. The van der Waals surface area contributed by atoms with Gasteiger partial charge in [0, 0.05) is 17.5 Å². The van der Waals surface area contributed by atoms with Gasteiger partial charge < -0.3 is 10.5 Å². The lowest BCUT2D eigenvalue weighted by Crippen LogP contribution is -2.23. The van der Waals surface area contributed by atoms with Gasteiger partial charge in [-0.15, -0.1) is 0 Å². The van der Waals surface area contributed by atoms with Gasteiger partial charge >= 0.3 is 0 Å². The van der Waals surface area contributed by atoms with Gasteiger partial charge in [-0.3, -0.25) is 4.79 Å². The second-order valence-electron chi connectivity index (χ2n) is 4.01. The summed E-state index contributed by atoms with van der Waals surface area (Å²) in [4.78, 5) is 12.2. The highest BCUT2D eigenvalue weighted by atomic mass is 35.5. The van der Waals surface area contributed by atoms with E-state index < -0.39 is 0 Å². The first kappa shape index (κ1) is 14.0. The third-order valence-electron chi connectivity index (χ3n) is 2.89. The van der Waals surface area contributed by atoms with Gasteiger partial charge in [0.15, 0.2) is 5.78 Å². The van der Waals surface area contributed by atoms with Crippen molar-refractivity contribution in [2.24, 2.45) is 11.7 Å². The van der Waals surface area contributed by atoms with Crippen molar-refractivity contribution in [3.8, 4) is 5.75 Å². The van der Waals surface area contributed by atoms with Crippen LogP contribution in [-0.2, 0) is 0 Å². The zero-order chi connectivity index (χ0) is 13.0. The van der Waals surface area contributed by atoms with Crippen LogP contribution in [0.25, 0.3) is 0 Å². The van der Waals surface area contributed by atoms with Crippen LogP contribution in [0.1, 0.15) is 29.3 Å². The molecule has 1 aromatic rings. The van der Waals surface area contributed by atoms with E-state index in [0.29, 0.717) is 29.3 Å². The maximum atomic E-state index is 12.2. The van der Waals surface area contributed by atoms with Crippen molar-refractivity contribution in [2.45, 2.75) is 20.3 Å². The molecule has 0 aromatic heterocycles. The van der Waals surface area contributed by atoms with Gasteiger partial charge in [0.25, 0.3) is 0 Å². The van der Waals surface area contributed by atoms with Gasteiger partial charge in [0.1, 0.15) is 5.75 Å². The quantitative estimate of drug-likeness (QED) is 0.823. The zero-order valence-electron chi connectivity index (χ0n) is 10.4. The number of hydrogen-bond acceptors (Lipinski definition) is 3. The lowest BCUT2D eigenvalue weighted by Gasteiger charge is -2.15. The van der Waals surface area contributed by atoms with Gasteiger partial charge in [-0.05, 0) is 31.0 Å². The second kappa shape index (κ2) is 6.03. The first-order chi connectivity index (χ1) is 8.04. The number of benzene rings is 1. The fourth-order valence-corrected chi connectivity index (χ4v) is 1.86. The van der Waals surface area contributed by atoms with Gasteiger partial charge in [0.2, 0.25) is 0 Å². The number of methoxy groups -OCH3 is 1. The van der Waals surface area contributed by atoms with Crippen molar-refractivity contribution in [1.82, 2.24) is 0 Å². The van der Waals surface area contributed by atoms with Gasteiger partial charge in [-0.1, -0.05) is 18.5 Å². The normalized spacial score (nSPS) is 12.3. The third kappa shape index (κ3) is 2.99. The van der Waals surface area contributed by atoms with E-state index in [1.54, 1.807) is 19.2 Å². The minimum absolute atomic E-state index is 0.00579. The maximum absolute atomic E-state index is 12.2. The zero-order valence-corrected chi connectivity index (χ0v) is 11.2. The molecule has 0 heterocycles. The van der Waals surface area contributed by atoms with E-state index in [2.05, 4.69) is 0 Å². The van der Waals surface area contributed by atoms with Crippen LogP contribution in [-0.4, -0.2) is 19.4 Å². The van der Waals surface area contributed by atoms with Crippen LogP contribution in [0, 0.1) is 12.8 Å². The largest absolute Gasteiger partial charge is 0.496 e. The van der Waals surface area contributed by atoms with Crippen molar-refractivity contribution in [3.05, 3.63) is 28.3 Å². The van der Waals surface area contributed by atoms with Crippen LogP contribution >= 0.6 is 11.6 Å². The van der Waals surface area contributed by atoms with E-state index in [-0.39, 0.29) is 11.7 Å². The molecule has 1 unspecified atom stereocenters. The number of Topliss-reactive ketones (excluding diaryl/α,β-unsaturated/α-hetero) is 1. The van der Waals surface area contributed by atoms with Crippen LogP contribution in [0.15, 0.2) is 12.1 Å². The molecule has 1 atom stereocenters. The number of aryl methyl sites for hydroxylation is 1. The van der Waals surface area contributed by atoms with Crippen LogP contribution < -0.4 is 10.5 Å². The van der Waals surface area contributed by atoms with Crippen molar-refractivity contribution in [3.63, 3.8) is 0 Å². The Labute approximate surface area is 107 Å². The fourth-order valence-electron chi connectivity index (χ4n) is 1.70. The Kier molecular flexibility index (Phi) is 4.97. The molecule has 0 spiro atoms. The molecule has 0 saturated carbocycles. The predicted octanol–water partition coefficient (Wildman–Crippen LogP) is 2.82. The summed E-state index contributed by atoms with van der Waals surface area (Å²) in [5.41, 5.74) is 6.99. The number of halogens is 1. The summed E-state index contributed by atoms with van der Waals surface area (Å²) in [5, 5.41) is 0.570. The third-order valence-corrected chi connectivity index (χ3v) is 3.30. The number of carbonyl (C=O) groups excluding carboxylic acids is 1. The number of nitrogens with two attached hydrogens (primary N) is 1. The van der Waals surface area contributed by atoms with Crippen molar-refractivity contribution in [1.29, 1.82) is 0 Å². The van der Waals surface area contributed by atoms with Crippen molar-refractivity contribution in [2.75, 3.05) is 13.7 Å². The first-order valence-corrected chi connectivity index (χ1v) is 6.01. The number of ether oxygens (including phenoxy) is 1. The van der Waals surface area contributed by atoms with E-state index >= 15 is 0 Å². The topological polar surface area (TPSA) is 52.3 Å². The molecule has 0 radical (unpaired) electrons. The number of rotatable bonds is 5. The molecule has 4 heteroatoms. The Morgan fingerprint density at radius 2 is 2.18 bits per heavy atom. The van der Waals surface area contributed by atoms with Crippen LogP contribution in [0.4, 0.5) is 0 Å². The molecule has 0 bridgehead atoms. The average molecular weight is 256 g/mol. The average Bonchev–Trinajstić information content (AvgIpc) is 2.33. The number of ketones is 1. The Morgan fingerprint density at radius 3 is 2.65 bits per heavy atom. The lowest BCUT2D eigenvalue weighted by molar-refractivity contribution is 0.0918. The Balaban J connectivity index is 3.20. The first-order valence-electron chi connectivity index (χ1n) is 5.63. The summed E-state index contributed by atoms with van der Waals surface area (Å²) in [6.45, 7) is 4.15.